The Hall–Kier alpha value is -2.12. The first-order chi connectivity index (χ1) is 13.0. The topological polar surface area (TPSA) is 55.8 Å². The molecule has 2 aromatic rings. The number of hydrogen-bond donors (Lipinski definition) is 0. The largest absolute Gasteiger partial charge is 0.497 e. The second-order valence-electron chi connectivity index (χ2n) is 7.07. The molecular weight excluding hydrogens is 369 g/mol. The summed E-state index contributed by atoms with van der Waals surface area (Å²) in [6, 6.07) is 12.1. The van der Waals surface area contributed by atoms with Crippen LogP contribution in [0.4, 0.5) is 4.39 Å². The fourth-order valence-corrected chi connectivity index (χ4v) is 6.13. The van der Waals surface area contributed by atoms with Gasteiger partial charge < -0.3 is 9.47 Å². The number of ether oxygens (including phenoxy) is 2. The zero-order chi connectivity index (χ0) is 19.0. The van der Waals surface area contributed by atoms with Gasteiger partial charge >= 0.3 is 0 Å². The molecule has 144 valence electrons. The fourth-order valence-electron chi connectivity index (χ4n) is 4.24. The van der Waals surface area contributed by atoms with Crippen LogP contribution in [-0.2, 0) is 10.0 Å². The van der Waals surface area contributed by atoms with Crippen molar-refractivity contribution in [3.8, 4) is 11.5 Å². The minimum absolute atomic E-state index is 0.0102. The summed E-state index contributed by atoms with van der Waals surface area (Å²) in [6.45, 7) is 0.286. The molecule has 1 aliphatic carbocycles. The average Bonchev–Trinajstić information content (AvgIpc) is 3.28. The van der Waals surface area contributed by atoms with E-state index in [1.165, 1.54) is 24.3 Å². The summed E-state index contributed by atoms with van der Waals surface area (Å²) in [5, 5.41) is 0. The Bertz CT molecular complexity index is 916. The summed E-state index contributed by atoms with van der Waals surface area (Å²) in [5.74, 6) is 1.18. The van der Waals surface area contributed by atoms with Crippen molar-refractivity contribution in [3.05, 3.63) is 54.3 Å². The highest BCUT2D eigenvalue weighted by molar-refractivity contribution is 7.89. The summed E-state index contributed by atoms with van der Waals surface area (Å²) in [4.78, 5) is 0.128. The number of benzene rings is 2. The lowest BCUT2D eigenvalue weighted by Gasteiger charge is -2.34. The number of hydrogen-bond acceptors (Lipinski definition) is 4. The van der Waals surface area contributed by atoms with Gasteiger partial charge in [0.25, 0.3) is 0 Å². The minimum Gasteiger partial charge on any atom is -0.497 e. The van der Waals surface area contributed by atoms with Crippen molar-refractivity contribution in [1.29, 1.82) is 0 Å². The number of rotatable bonds is 6. The van der Waals surface area contributed by atoms with E-state index in [-0.39, 0.29) is 29.5 Å². The first kappa shape index (κ1) is 18.3. The van der Waals surface area contributed by atoms with Crippen LogP contribution in [-0.4, -0.2) is 38.5 Å². The van der Waals surface area contributed by atoms with Crippen LogP contribution in [0.1, 0.15) is 19.3 Å². The first-order valence-corrected chi connectivity index (χ1v) is 10.5. The van der Waals surface area contributed by atoms with Gasteiger partial charge in [-0.15, -0.1) is 0 Å². The molecule has 0 amide bonds. The number of piperidine rings is 1. The summed E-state index contributed by atoms with van der Waals surface area (Å²) < 4.78 is 52.3. The lowest BCUT2D eigenvalue weighted by atomic mass is 10.0. The van der Waals surface area contributed by atoms with E-state index in [1.54, 1.807) is 17.5 Å². The van der Waals surface area contributed by atoms with E-state index in [0.717, 1.165) is 19.3 Å². The monoisotopic (exact) mass is 391 g/mol. The summed E-state index contributed by atoms with van der Waals surface area (Å²) >= 11 is 0. The van der Waals surface area contributed by atoms with Crippen molar-refractivity contribution in [2.24, 2.45) is 5.92 Å². The molecule has 1 aliphatic heterocycles. The van der Waals surface area contributed by atoms with Crippen molar-refractivity contribution in [2.45, 2.75) is 36.2 Å². The van der Waals surface area contributed by atoms with E-state index < -0.39 is 15.8 Å². The molecule has 2 aromatic carbocycles. The zero-order valence-corrected chi connectivity index (χ0v) is 15.9. The standard InChI is InChI=1S/C20H22FNO4S/c1-25-17-3-2-4-18(12-17)26-13-20-14-5-8-16(11-14)22(20)27(23,24)19-9-6-15(21)7-10-19/h2-4,6-7,9-10,12,14,16,20H,5,8,11,13H2,1H3/t14-,16+,20+/m1/s1. The van der Waals surface area contributed by atoms with E-state index >= 15 is 0 Å². The van der Waals surface area contributed by atoms with Crippen LogP contribution in [0.15, 0.2) is 53.4 Å². The number of halogens is 1. The van der Waals surface area contributed by atoms with Crippen LogP contribution in [0, 0.1) is 11.7 Å². The molecular formula is C20H22FNO4S. The SMILES string of the molecule is COc1cccc(OC[C@H]2[C@@H]3CC[C@@H](C3)N2S(=O)(=O)c2ccc(F)cc2)c1. The maximum Gasteiger partial charge on any atom is 0.243 e. The zero-order valence-electron chi connectivity index (χ0n) is 15.0. The van der Waals surface area contributed by atoms with Crippen molar-refractivity contribution in [2.75, 3.05) is 13.7 Å². The molecule has 2 fully saturated rings. The van der Waals surface area contributed by atoms with Crippen molar-refractivity contribution in [1.82, 2.24) is 4.31 Å². The van der Waals surface area contributed by atoms with Crippen molar-refractivity contribution >= 4 is 10.0 Å². The summed E-state index contributed by atoms with van der Waals surface area (Å²) in [6.07, 6.45) is 2.72. The molecule has 2 aliphatic rings. The Morgan fingerprint density at radius 1 is 1.11 bits per heavy atom. The highest BCUT2D eigenvalue weighted by Gasteiger charge is 2.51. The fraction of sp³-hybridized carbons (Fsp3) is 0.400. The lowest BCUT2D eigenvalue weighted by Crippen LogP contribution is -2.47. The Morgan fingerprint density at radius 2 is 1.85 bits per heavy atom. The Kier molecular flexibility index (Phi) is 4.82. The second kappa shape index (κ2) is 7.13. The van der Waals surface area contributed by atoms with Crippen LogP contribution in [0.3, 0.4) is 0 Å². The lowest BCUT2D eigenvalue weighted by molar-refractivity contribution is 0.162. The van der Waals surface area contributed by atoms with Gasteiger partial charge in [-0.1, -0.05) is 6.07 Å². The Labute approximate surface area is 158 Å². The third-order valence-electron chi connectivity index (χ3n) is 5.53. The van der Waals surface area contributed by atoms with Crippen LogP contribution >= 0.6 is 0 Å². The maximum absolute atomic E-state index is 13.2. The molecule has 4 rings (SSSR count). The van der Waals surface area contributed by atoms with Gasteiger partial charge in [-0.2, -0.15) is 4.31 Å². The molecule has 1 heterocycles. The van der Waals surface area contributed by atoms with Crippen molar-refractivity contribution < 1.29 is 22.3 Å². The predicted octanol–water partition coefficient (Wildman–Crippen LogP) is 3.45. The van der Waals surface area contributed by atoms with Gasteiger partial charge in [0.1, 0.15) is 23.9 Å². The molecule has 0 unspecified atom stereocenters. The van der Waals surface area contributed by atoms with E-state index in [4.69, 9.17) is 9.47 Å². The highest BCUT2D eigenvalue weighted by atomic mass is 32.2. The molecule has 0 spiro atoms. The quantitative estimate of drug-likeness (QED) is 0.757. The molecule has 1 saturated heterocycles. The van der Waals surface area contributed by atoms with Gasteiger partial charge in [-0.05, 0) is 61.6 Å². The number of methoxy groups -OCH3 is 1. The molecule has 3 atom stereocenters. The van der Waals surface area contributed by atoms with E-state index in [9.17, 15) is 12.8 Å². The van der Waals surface area contributed by atoms with E-state index in [1.807, 2.05) is 18.2 Å². The highest BCUT2D eigenvalue weighted by Crippen LogP contribution is 2.45. The number of fused-ring (bicyclic) bond motifs is 2. The molecule has 1 saturated carbocycles. The maximum atomic E-state index is 13.2. The third kappa shape index (κ3) is 3.41. The van der Waals surface area contributed by atoms with Gasteiger partial charge in [-0.3, -0.25) is 0 Å². The third-order valence-corrected chi connectivity index (χ3v) is 7.52. The van der Waals surface area contributed by atoms with Crippen molar-refractivity contribution in [3.63, 3.8) is 0 Å². The number of nitrogens with zero attached hydrogens (tertiary/aromatic N) is 1. The molecule has 2 bridgehead atoms. The van der Waals surface area contributed by atoms with E-state index in [2.05, 4.69) is 0 Å². The van der Waals surface area contributed by atoms with Gasteiger partial charge in [0.05, 0.1) is 18.0 Å². The molecule has 7 heteroatoms. The number of sulfonamides is 1. The van der Waals surface area contributed by atoms with E-state index in [0.29, 0.717) is 11.5 Å². The smallest absolute Gasteiger partial charge is 0.243 e. The summed E-state index contributed by atoms with van der Waals surface area (Å²) in [7, 11) is -2.10. The second-order valence-corrected chi connectivity index (χ2v) is 8.92. The Balaban J connectivity index is 1.56. The van der Waals surface area contributed by atoms with Crippen LogP contribution in [0.5, 0.6) is 11.5 Å². The minimum atomic E-state index is -3.69. The van der Waals surface area contributed by atoms with Gasteiger partial charge in [0.15, 0.2) is 0 Å². The molecule has 0 aromatic heterocycles. The predicted molar refractivity (Wildman–Crippen MR) is 98.8 cm³/mol. The van der Waals surface area contributed by atoms with Gasteiger partial charge in [0.2, 0.25) is 10.0 Å². The Morgan fingerprint density at radius 3 is 2.59 bits per heavy atom. The first-order valence-electron chi connectivity index (χ1n) is 9.05. The van der Waals surface area contributed by atoms with Crippen LogP contribution < -0.4 is 9.47 Å². The van der Waals surface area contributed by atoms with Crippen LogP contribution in [0.25, 0.3) is 0 Å². The average molecular weight is 391 g/mol. The van der Waals surface area contributed by atoms with Gasteiger partial charge in [0, 0.05) is 12.1 Å². The summed E-state index contributed by atoms with van der Waals surface area (Å²) in [5.41, 5.74) is 0. The normalized spacial score (nSPS) is 24.9. The molecule has 0 N–H and O–H groups in total. The molecule has 5 nitrogen and oxygen atoms in total. The molecule has 0 radical (unpaired) electrons. The van der Waals surface area contributed by atoms with Gasteiger partial charge in [-0.25, -0.2) is 12.8 Å². The molecule has 27 heavy (non-hydrogen) atoms. The van der Waals surface area contributed by atoms with Crippen LogP contribution in [0.2, 0.25) is 0 Å².